The van der Waals surface area contributed by atoms with Crippen LogP contribution in [0.15, 0.2) is 54.6 Å². The summed E-state index contributed by atoms with van der Waals surface area (Å²) in [6.07, 6.45) is -0.371. The van der Waals surface area contributed by atoms with Crippen molar-refractivity contribution in [1.29, 1.82) is 0 Å². The number of carboxylic acid groups (broad SMARTS) is 1. The van der Waals surface area contributed by atoms with E-state index in [4.69, 9.17) is 29.3 Å². The first kappa shape index (κ1) is 17.0. The number of hydrogen-bond acceptors (Lipinski definition) is 7. The Hall–Kier alpha value is -2.49. The predicted octanol–water partition coefficient (Wildman–Crippen LogP) is 2.31. The zero-order valence-electron chi connectivity index (χ0n) is 13.7. The zero-order valence-corrected chi connectivity index (χ0v) is 13.7. The predicted molar refractivity (Wildman–Crippen MR) is 87.7 cm³/mol. The minimum Gasteiger partial charge on any atom is -0.478 e. The van der Waals surface area contributed by atoms with E-state index in [1.54, 1.807) is 12.1 Å². The summed E-state index contributed by atoms with van der Waals surface area (Å²) in [5, 5.41) is 10.1. The van der Waals surface area contributed by atoms with E-state index in [9.17, 15) is 4.79 Å². The number of carboxylic acids is 1. The molecular weight excluding hydrogens is 342 g/mol. The smallest absolute Gasteiger partial charge is 0.335 e. The van der Waals surface area contributed by atoms with Crippen LogP contribution in [0.25, 0.3) is 0 Å². The molecular formula is C18H17NO7. The van der Waals surface area contributed by atoms with Crippen molar-refractivity contribution in [3.8, 4) is 0 Å². The van der Waals surface area contributed by atoms with Crippen LogP contribution in [-0.2, 0) is 30.6 Å². The summed E-state index contributed by atoms with van der Waals surface area (Å²) in [5.74, 6) is -1.04. The van der Waals surface area contributed by atoms with Crippen molar-refractivity contribution in [1.82, 2.24) is 0 Å². The zero-order chi connectivity index (χ0) is 18.0. The number of ether oxygens (including phenoxy) is 2. The molecule has 8 nitrogen and oxygen atoms in total. The van der Waals surface area contributed by atoms with Crippen LogP contribution in [-0.4, -0.2) is 36.4 Å². The van der Waals surface area contributed by atoms with Gasteiger partial charge in [-0.25, -0.2) is 9.63 Å². The highest BCUT2D eigenvalue weighted by Crippen LogP contribution is 2.35. The van der Waals surface area contributed by atoms with Crippen LogP contribution in [0.4, 0.5) is 5.69 Å². The lowest BCUT2D eigenvalue weighted by molar-refractivity contribution is -0.314. The van der Waals surface area contributed by atoms with Crippen LogP contribution in [0, 0.1) is 0 Å². The molecule has 2 saturated heterocycles. The second-order valence-electron chi connectivity index (χ2n) is 6.06. The number of benzene rings is 2. The van der Waals surface area contributed by atoms with Gasteiger partial charge in [-0.2, -0.15) is 4.89 Å². The summed E-state index contributed by atoms with van der Waals surface area (Å²) in [5.41, 5.74) is 0.663. The first-order valence-corrected chi connectivity index (χ1v) is 8.06. The monoisotopic (exact) mass is 359 g/mol. The van der Waals surface area contributed by atoms with Gasteiger partial charge in [-0.1, -0.05) is 46.6 Å². The SMILES string of the molecule is O=C(O)c1cccc(N2OOC(C3(Cc4ccccc4)COCO3)O2)c1. The average Bonchev–Trinajstić information content (AvgIpc) is 3.33. The molecule has 0 radical (unpaired) electrons. The van der Waals surface area contributed by atoms with Crippen LogP contribution in [0.2, 0.25) is 0 Å². The summed E-state index contributed by atoms with van der Waals surface area (Å²) >= 11 is 0. The second kappa shape index (κ2) is 7.02. The molecule has 136 valence electrons. The third-order valence-electron chi connectivity index (χ3n) is 4.25. The van der Waals surface area contributed by atoms with Crippen LogP contribution in [0.1, 0.15) is 15.9 Å². The van der Waals surface area contributed by atoms with Gasteiger partial charge < -0.3 is 14.6 Å². The Morgan fingerprint density at radius 3 is 2.77 bits per heavy atom. The molecule has 2 heterocycles. The highest BCUT2D eigenvalue weighted by atomic mass is 17.4. The lowest BCUT2D eigenvalue weighted by Crippen LogP contribution is -2.48. The van der Waals surface area contributed by atoms with Crippen LogP contribution < -0.4 is 5.23 Å². The van der Waals surface area contributed by atoms with Gasteiger partial charge in [-0.15, -0.1) is 0 Å². The molecule has 0 amide bonds. The van der Waals surface area contributed by atoms with Crippen molar-refractivity contribution in [2.45, 2.75) is 18.3 Å². The minimum absolute atomic E-state index is 0.109. The molecule has 4 rings (SSSR count). The maximum atomic E-state index is 11.1. The van der Waals surface area contributed by atoms with Crippen molar-refractivity contribution in [2.75, 3.05) is 18.6 Å². The number of anilines is 1. The molecule has 2 aromatic carbocycles. The van der Waals surface area contributed by atoms with E-state index in [1.165, 1.54) is 12.1 Å². The Balaban J connectivity index is 1.52. The fourth-order valence-electron chi connectivity index (χ4n) is 2.92. The van der Waals surface area contributed by atoms with Gasteiger partial charge in [-0.05, 0) is 23.8 Å². The number of nitrogens with zero attached hydrogens (tertiary/aromatic N) is 1. The van der Waals surface area contributed by atoms with Crippen LogP contribution in [0.5, 0.6) is 0 Å². The standard InChI is InChI=1S/C18H17NO7/c20-16(21)14-7-4-8-15(9-14)19-24-17(25-26-19)18(11-22-12-23-18)10-13-5-2-1-3-6-13/h1-9,17H,10-12H2,(H,20,21). The maximum absolute atomic E-state index is 11.1. The van der Waals surface area contributed by atoms with E-state index in [-0.39, 0.29) is 19.0 Å². The molecule has 2 aromatic rings. The molecule has 2 fully saturated rings. The molecule has 2 aliphatic rings. The van der Waals surface area contributed by atoms with Gasteiger partial charge in [0.25, 0.3) is 6.29 Å². The van der Waals surface area contributed by atoms with Crippen molar-refractivity contribution in [3.63, 3.8) is 0 Å². The molecule has 2 atom stereocenters. The Bertz CT molecular complexity index is 776. The van der Waals surface area contributed by atoms with Crippen LogP contribution in [0.3, 0.4) is 0 Å². The van der Waals surface area contributed by atoms with Crippen molar-refractivity contribution >= 4 is 11.7 Å². The fourth-order valence-corrected chi connectivity index (χ4v) is 2.92. The summed E-state index contributed by atoms with van der Waals surface area (Å²) in [7, 11) is 0. The Morgan fingerprint density at radius 1 is 1.19 bits per heavy atom. The average molecular weight is 359 g/mol. The second-order valence-corrected chi connectivity index (χ2v) is 6.06. The highest BCUT2D eigenvalue weighted by molar-refractivity contribution is 5.88. The topological polar surface area (TPSA) is 86.7 Å². The Morgan fingerprint density at radius 2 is 2.04 bits per heavy atom. The van der Waals surface area contributed by atoms with Gasteiger partial charge in [0, 0.05) is 6.42 Å². The van der Waals surface area contributed by atoms with E-state index >= 15 is 0 Å². The van der Waals surface area contributed by atoms with E-state index < -0.39 is 17.9 Å². The lowest BCUT2D eigenvalue weighted by atomic mass is 9.94. The first-order valence-electron chi connectivity index (χ1n) is 8.06. The van der Waals surface area contributed by atoms with Gasteiger partial charge in [0.2, 0.25) is 0 Å². The molecule has 2 aliphatic heterocycles. The van der Waals surface area contributed by atoms with Gasteiger partial charge in [-0.3, -0.25) is 0 Å². The quantitative estimate of drug-likeness (QED) is 0.814. The summed E-state index contributed by atoms with van der Waals surface area (Å²) in [6.45, 7) is 0.406. The molecule has 0 aromatic heterocycles. The Kier molecular flexibility index (Phi) is 4.58. The largest absolute Gasteiger partial charge is 0.478 e. The molecule has 1 N–H and O–H groups in total. The summed E-state index contributed by atoms with van der Waals surface area (Å²) in [4.78, 5) is 27.3. The normalized spacial score (nSPS) is 25.5. The van der Waals surface area contributed by atoms with Crippen molar-refractivity contribution < 1.29 is 34.1 Å². The van der Waals surface area contributed by atoms with Gasteiger partial charge in [0.05, 0.1) is 17.9 Å². The third kappa shape index (κ3) is 3.28. The van der Waals surface area contributed by atoms with Gasteiger partial charge >= 0.3 is 5.97 Å². The molecule has 0 bridgehead atoms. The van der Waals surface area contributed by atoms with Crippen LogP contribution >= 0.6 is 0 Å². The molecule has 26 heavy (non-hydrogen) atoms. The van der Waals surface area contributed by atoms with Crippen molar-refractivity contribution in [3.05, 3.63) is 65.7 Å². The van der Waals surface area contributed by atoms with E-state index in [1.807, 2.05) is 30.3 Å². The maximum Gasteiger partial charge on any atom is 0.335 e. The minimum atomic E-state index is -1.04. The number of rotatable bonds is 5. The fraction of sp³-hybridized carbons (Fsp3) is 0.278. The number of aromatic carboxylic acids is 1. The van der Waals surface area contributed by atoms with E-state index in [2.05, 4.69) is 0 Å². The van der Waals surface area contributed by atoms with Gasteiger partial charge in [0.1, 0.15) is 6.79 Å². The lowest BCUT2D eigenvalue weighted by Gasteiger charge is -2.28. The molecule has 0 saturated carbocycles. The molecule has 0 spiro atoms. The van der Waals surface area contributed by atoms with E-state index in [0.717, 1.165) is 10.8 Å². The molecule has 2 unspecified atom stereocenters. The number of carbonyl (C=O) groups is 1. The third-order valence-corrected chi connectivity index (χ3v) is 4.25. The molecule has 8 heteroatoms. The number of hydrogen-bond donors (Lipinski definition) is 1. The van der Waals surface area contributed by atoms with Gasteiger partial charge in [0.15, 0.2) is 5.60 Å². The summed E-state index contributed by atoms with van der Waals surface area (Å²) in [6, 6.07) is 15.9. The Labute approximate surface area is 149 Å². The first-order chi connectivity index (χ1) is 12.7. The highest BCUT2D eigenvalue weighted by Gasteiger charge is 2.51. The van der Waals surface area contributed by atoms with Crippen molar-refractivity contribution in [2.24, 2.45) is 0 Å². The summed E-state index contributed by atoms with van der Waals surface area (Å²) < 4.78 is 11.2. The molecule has 0 aliphatic carbocycles. The van der Waals surface area contributed by atoms with E-state index in [0.29, 0.717) is 12.1 Å².